The van der Waals surface area contributed by atoms with Crippen LogP contribution in [-0.4, -0.2) is 64.4 Å². The lowest BCUT2D eigenvalue weighted by Crippen LogP contribution is -2.55. The van der Waals surface area contributed by atoms with Crippen LogP contribution in [0.15, 0.2) is 18.2 Å². The van der Waals surface area contributed by atoms with E-state index in [0.717, 1.165) is 84.2 Å². The Morgan fingerprint density at radius 1 is 0.614 bits per heavy atom. The van der Waals surface area contributed by atoms with Crippen LogP contribution in [0.4, 0.5) is 4.79 Å². The number of carbonyl (C=O) groups is 2. The number of nitrogens with two attached hydrogens (primary N) is 2. The number of hydrogen-bond donors (Lipinski definition) is 6. The molecule has 8 N–H and O–H groups in total. The summed E-state index contributed by atoms with van der Waals surface area (Å²) < 4.78 is 5.81. The third-order valence-electron chi connectivity index (χ3n) is 13.3. The quantitative estimate of drug-likeness (QED) is 0.0382. The van der Waals surface area contributed by atoms with Crippen molar-refractivity contribution < 1.29 is 14.3 Å². The van der Waals surface area contributed by atoms with Crippen LogP contribution in [-0.2, 0) is 16.6 Å². The van der Waals surface area contributed by atoms with Crippen molar-refractivity contribution in [1.29, 1.82) is 0 Å². The highest BCUT2D eigenvalue weighted by Crippen LogP contribution is 2.57. The topological polar surface area (TPSA) is 144 Å². The molecule has 1 aromatic carbocycles. The third-order valence-corrected chi connectivity index (χ3v) is 13.3. The zero-order valence-corrected chi connectivity index (χ0v) is 36.9. The third kappa shape index (κ3) is 18.7. The number of hydrogen-bond acceptors (Lipinski definition) is 7. The number of nitrogens with one attached hydrogen (secondary N) is 4. The van der Waals surface area contributed by atoms with E-state index in [1.54, 1.807) is 0 Å². The summed E-state index contributed by atoms with van der Waals surface area (Å²) in [4.78, 5) is 26.6. The lowest BCUT2D eigenvalue weighted by Gasteiger charge is -2.54. The lowest BCUT2D eigenvalue weighted by molar-refractivity contribution is -0.138. The molecular weight excluding hydrogens is 709 g/mol. The first-order chi connectivity index (χ1) is 27.8. The van der Waals surface area contributed by atoms with Crippen molar-refractivity contribution in [3.8, 4) is 5.75 Å². The maximum absolute atomic E-state index is 13.9. The summed E-state index contributed by atoms with van der Waals surface area (Å²) in [6, 6.07) is 6.16. The molecule has 3 atom stereocenters. The normalized spacial score (nSPS) is 20.2. The van der Waals surface area contributed by atoms with Gasteiger partial charge in [-0.15, -0.1) is 0 Å². The molecule has 0 aliphatic heterocycles. The number of fused-ring (bicyclic) bond motifs is 3. The summed E-state index contributed by atoms with van der Waals surface area (Å²) in [6.45, 7) is 11.4. The number of benzene rings is 1. The maximum atomic E-state index is 13.9. The zero-order valence-electron chi connectivity index (χ0n) is 36.9. The van der Waals surface area contributed by atoms with Crippen molar-refractivity contribution in [3.63, 3.8) is 0 Å². The molecule has 0 spiro atoms. The average molecular weight is 797 g/mol. The van der Waals surface area contributed by atoms with Crippen LogP contribution in [0.2, 0.25) is 0 Å². The van der Waals surface area contributed by atoms with Crippen molar-refractivity contribution in [1.82, 2.24) is 21.3 Å². The van der Waals surface area contributed by atoms with Crippen LogP contribution in [0.3, 0.4) is 0 Å². The minimum Gasteiger partial charge on any atom is -0.410 e. The monoisotopic (exact) mass is 797 g/mol. The Hall–Kier alpha value is -2.20. The summed E-state index contributed by atoms with van der Waals surface area (Å²) in [5.74, 6) is 1.05. The van der Waals surface area contributed by atoms with Gasteiger partial charge in [0.05, 0.1) is 5.41 Å². The first-order valence-corrected chi connectivity index (χ1v) is 24.0. The van der Waals surface area contributed by atoms with Gasteiger partial charge in [-0.3, -0.25) is 4.79 Å². The Kier molecular flexibility index (Phi) is 25.8. The van der Waals surface area contributed by atoms with Crippen molar-refractivity contribution >= 4 is 12.0 Å². The molecule has 2 aliphatic rings. The van der Waals surface area contributed by atoms with Crippen molar-refractivity contribution in [2.75, 3.05) is 52.4 Å². The Balaban J connectivity index is 1.28. The number of rotatable bonds is 34. The highest BCUT2D eigenvalue weighted by Gasteiger charge is 2.55. The van der Waals surface area contributed by atoms with E-state index in [1.807, 2.05) is 6.07 Å². The van der Waals surface area contributed by atoms with Gasteiger partial charge in [0, 0.05) is 13.1 Å². The first-order valence-electron chi connectivity index (χ1n) is 24.0. The number of unbranched alkanes of at least 4 members (excludes halogenated alkanes) is 18. The minimum absolute atomic E-state index is 0.129. The average Bonchev–Trinajstić information content (AvgIpc) is 3.20. The fourth-order valence-electron chi connectivity index (χ4n) is 9.81. The minimum atomic E-state index is -0.408. The van der Waals surface area contributed by atoms with Gasteiger partial charge in [0.25, 0.3) is 0 Å². The molecule has 3 rings (SSSR count). The summed E-state index contributed by atoms with van der Waals surface area (Å²) in [6.07, 6.45) is 32.5. The van der Waals surface area contributed by atoms with Crippen LogP contribution in [0, 0.1) is 11.3 Å². The summed E-state index contributed by atoms with van der Waals surface area (Å²) in [7, 11) is 0. The largest absolute Gasteiger partial charge is 0.412 e. The fourth-order valence-corrected chi connectivity index (χ4v) is 9.81. The van der Waals surface area contributed by atoms with Gasteiger partial charge in [-0.05, 0) is 138 Å². The second kappa shape index (κ2) is 29.9. The second-order valence-corrected chi connectivity index (χ2v) is 18.0. The molecule has 0 unspecified atom stereocenters. The van der Waals surface area contributed by atoms with Crippen LogP contribution < -0.4 is 37.5 Å². The van der Waals surface area contributed by atoms with E-state index in [2.05, 4.69) is 47.2 Å². The molecule has 328 valence electrons. The molecule has 0 saturated heterocycles. The molecule has 2 aliphatic carbocycles. The highest BCUT2D eigenvalue weighted by atomic mass is 16.6. The van der Waals surface area contributed by atoms with E-state index in [-0.39, 0.29) is 17.2 Å². The number of ether oxygens (including phenoxy) is 1. The molecule has 0 heterocycles. The van der Waals surface area contributed by atoms with Crippen molar-refractivity contribution in [2.24, 2.45) is 22.8 Å². The number of aryl methyl sites for hydroxylation is 1. The Bertz CT molecular complexity index is 1210. The molecule has 1 aromatic rings. The number of amides is 2. The smallest absolute Gasteiger partial charge is 0.410 e. The van der Waals surface area contributed by atoms with Crippen LogP contribution in [0.5, 0.6) is 5.75 Å². The summed E-state index contributed by atoms with van der Waals surface area (Å²) in [5.41, 5.74) is 13.2. The van der Waals surface area contributed by atoms with Crippen LogP contribution in [0.1, 0.15) is 192 Å². The van der Waals surface area contributed by atoms with Crippen molar-refractivity contribution in [3.05, 3.63) is 29.3 Å². The molecule has 0 aromatic heterocycles. The fraction of sp³-hybridized carbons (Fsp3) is 0.833. The van der Waals surface area contributed by atoms with Gasteiger partial charge in [-0.1, -0.05) is 129 Å². The summed E-state index contributed by atoms with van der Waals surface area (Å²) >= 11 is 0. The summed E-state index contributed by atoms with van der Waals surface area (Å²) in [5, 5.41) is 13.4. The predicted octanol–water partition coefficient (Wildman–Crippen LogP) is 9.58. The molecule has 0 bridgehead atoms. The molecule has 1 fully saturated rings. The maximum Gasteiger partial charge on any atom is 0.412 e. The molecule has 0 radical (unpaired) electrons. The van der Waals surface area contributed by atoms with E-state index in [4.69, 9.17) is 16.2 Å². The zero-order chi connectivity index (χ0) is 40.9. The van der Waals surface area contributed by atoms with E-state index in [9.17, 15) is 9.59 Å². The molecule has 9 nitrogen and oxygen atoms in total. The van der Waals surface area contributed by atoms with E-state index >= 15 is 0 Å². The van der Waals surface area contributed by atoms with Crippen LogP contribution in [0.25, 0.3) is 0 Å². The standard InChI is InChI=1S/C48H88N6O3/c1-47-30-23-31-48(2,45(55)53-38-24-36-51-34-21-17-13-9-5-3-7-11-15-19-32-49)44(47)29-27-41-26-28-42(40-43(41)47)57-46(56)54-39-25-37-52-35-22-18-14-10-6-4-8-12-16-20-33-50/h26,28,40,44,51-52H,3-25,27,29-39,49-50H2,1-2H3,(H,53,55)(H,54,56)/t44-,47-,48+/m1/s1. The van der Waals surface area contributed by atoms with Gasteiger partial charge >= 0.3 is 6.09 Å². The van der Waals surface area contributed by atoms with Gasteiger partial charge < -0.3 is 37.5 Å². The van der Waals surface area contributed by atoms with Crippen LogP contribution >= 0.6 is 0 Å². The first kappa shape index (κ1) is 49.2. The van der Waals surface area contributed by atoms with Gasteiger partial charge in [0.1, 0.15) is 5.75 Å². The highest BCUT2D eigenvalue weighted by molar-refractivity contribution is 5.83. The Morgan fingerprint density at radius 3 is 1.61 bits per heavy atom. The number of carbonyl (C=O) groups excluding carboxylic acids is 2. The predicted molar refractivity (Wildman–Crippen MR) is 240 cm³/mol. The van der Waals surface area contributed by atoms with E-state index in [0.29, 0.717) is 18.8 Å². The molecule has 57 heavy (non-hydrogen) atoms. The SMILES string of the molecule is C[C@]1(C(=O)NCCCNCCCCCCCCCCCCN)CCC[C@]2(C)c3cc(OC(=O)NCCCNCCCCCCCCCCCCN)ccc3CC[C@@H]12. The molecule has 9 heteroatoms. The molecule has 2 amide bonds. The Morgan fingerprint density at radius 2 is 1.09 bits per heavy atom. The Labute approximate surface area is 349 Å². The van der Waals surface area contributed by atoms with E-state index in [1.165, 1.54) is 140 Å². The van der Waals surface area contributed by atoms with Crippen molar-refractivity contribution in [2.45, 2.75) is 193 Å². The second-order valence-electron chi connectivity index (χ2n) is 18.0. The molecular formula is C48H88N6O3. The van der Waals surface area contributed by atoms with E-state index < -0.39 is 11.5 Å². The molecule has 1 saturated carbocycles. The lowest BCUT2D eigenvalue weighted by atomic mass is 9.49. The van der Waals surface area contributed by atoms with Gasteiger partial charge in [-0.25, -0.2) is 4.79 Å². The van der Waals surface area contributed by atoms with Gasteiger partial charge in [0.15, 0.2) is 0 Å². The van der Waals surface area contributed by atoms with Gasteiger partial charge in [0.2, 0.25) is 5.91 Å². The van der Waals surface area contributed by atoms with Gasteiger partial charge in [-0.2, -0.15) is 0 Å².